The standard InChI is InChI=1S/C25H31N3OS/c1-17-14-18(2)23-22(15-17)30-25(27-23)28-13-7-10-21(16-28)24(29)26-19(3)11-12-20-8-5-4-6-9-20/h4-6,8-9,14-15,19,21H,7,10-13,16H2,1-3H3,(H,26,29)/t19-,21-/m0/s1. The van der Waals surface area contributed by atoms with E-state index in [1.54, 1.807) is 11.3 Å². The third-order valence-corrected chi connectivity index (χ3v) is 7.04. The lowest BCUT2D eigenvalue weighted by atomic mass is 9.96. The van der Waals surface area contributed by atoms with Crippen molar-refractivity contribution < 1.29 is 4.79 Å². The zero-order valence-corrected chi connectivity index (χ0v) is 19.0. The van der Waals surface area contributed by atoms with Crippen LogP contribution in [0.25, 0.3) is 10.2 Å². The number of nitrogens with zero attached hydrogens (tertiary/aromatic N) is 2. The van der Waals surface area contributed by atoms with Gasteiger partial charge in [0.2, 0.25) is 5.91 Å². The summed E-state index contributed by atoms with van der Waals surface area (Å²) in [5, 5.41) is 4.30. The maximum Gasteiger partial charge on any atom is 0.225 e. The quantitative estimate of drug-likeness (QED) is 0.590. The third kappa shape index (κ3) is 4.84. The Morgan fingerprint density at radius 3 is 2.87 bits per heavy atom. The van der Waals surface area contributed by atoms with E-state index in [1.165, 1.54) is 21.4 Å². The van der Waals surface area contributed by atoms with Crippen LogP contribution in [0.1, 0.15) is 42.9 Å². The molecule has 2 heterocycles. The molecule has 5 heteroatoms. The molecule has 1 saturated heterocycles. The first-order chi connectivity index (χ1) is 14.5. The molecule has 1 fully saturated rings. The highest BCUT2D eigenvalue weighted by Gasteiger charge is 2.28. The number of anilines is 1. The Kier molecular flexibility index (Phi) is 6.38. The number of rotatable bonds is 6. The maximum atomic E-state index is 12.9. The van der Waals surface area contributed by atoms with Crippen molar-refractivity contribution in [3.05, 3.63) is 59.2 Å². The molecule has 0 unspecified atom stereocenters. The van der Waals surface area contributed by atoms with Gasteiger partial charge in [-0.1, -0.05) is 47.7 Å². The molecule has 3 aromatic rings. The Balaban J connectivity index is 1.36. The summed E-state index contributed by atoms with van der Waals surface area (Å²) in [5.41, 5.74) is 4.92. The fraction of sp³-hybridized carbons (Fsp3) is 0.440. The molecule has 2 aromatic carbocycles. The largest absolute Gasteiger partial charge is 0.353 e. The van der Waals surface area contributed by atoms with E-state index in [9.17, 15) is 4.79 Å². The van der Waals surface area contributed by atoms with Gasteiger partial charge in [-0.05, 0) is 69.2 Å². The van der Waals surface area contributed by atoms with Crippen LogP contribution in [0.5, 0.6) is 0 Å². The predicted octanol–water partition coefficient (Wildman–Crippen LogP) is 5.27. The summed E-state index contributed by atoms with van der Waals surface area (Å²) in [6.07, 6.45) is 3.94. The van der Waals surface area contributed by atoms with Gasteiger partial charge >= 0.3 is 0 Å². The zero-order valence-electron chi connectivity index (χ0n) is 18.1. The van der Waals surface area contributed by atoms with Gasteiger partial charge in [0.1, 0.15) is 0 Å². The minimum atomic E-state index is 0.0350. The minimum absolute atomic E-state index is 0.0350. The number of nitrogens with one attached hydrogen (secondary N) is 1. The lowest BCUT2D eigenvalue weighted by Crippen LogP contribution is -2.45. The minimum Gasteiger partial charge on any atom is -0.353 e. The van der Waals surface area contributed by atoms with Gasteiger partial charge in [0.15, 0.2) is 5.13 Å². The van der Waals surface area contributed by atoms with Gasteiger partial charge in [-0.25, -0.2) is 4.98 Å². The van der Waals surface area contributed by atoms with Crippen LogP contribution in [0.15, 0.2) is 42.5 Å². The number of aryl methyl sites for hydroxylation is 3. The molecule has 1 aliphatic heterocycles. The van der Waals surface area contributed by atoms with Gasteiger partial charge in [-0.15, -0.1) is 0 Å². The summed E-state index contributed by atoms with van der Waals surface area (Å²) in [6.45, 7) is 8.11. The molecule has 1 N–H and O–H groups in total. The number of benzene rings is 2. The Bertz CT molecular complexity index is 1010. The molecule has 158 valence electrons. The average Bonchev–Trinajstić information content (AvgIpc) is 3.17. The van der Waals surface area contributed by atoms with E-state index < -0.39 is 0 Å². The number of aromatic nitrogens is 1. The molecular weight excluding hydrogens is 390 g/mol. The lowest BCUT2D eigenvalue weighted by Gasteiger charge is -2.32. The summed E-state index contributed by atoms with van der Waals surface area (Å²) in [6, 6.07) is 15.1. The van der Waals surface area contributed by atoms with Crippen molar-refractivity contribution in [3.8, 4) is 0 Å². The zero-order chi connectivity index (χ0) is 21.1. The van der Waals surface area contributed by atoms with E-state index in [2.05, 4.69) is 67.4 Å². The van der Waals surface area contributed by atoms with Crippen molar-refractivity contribution in [2.24, 2.45) is 5.92 Å². The highest BCUT2D eigenvalue weighted by atomic mass is 32.1. The topological polar surface area (TPSA) is 45.2 Å². The highest BCUT2D eigenvalue weighted by Crippen LogP contribution is 2.33. The Hall–Kier alpha value is -2.40. The van der Waals surface area contributed by atoms with Crippen molar-refractivity contribution in [3.63, 3.8) is 0 Å². The van der Waals surface area contributed by atoms with E-state index in [0.29, 0.717) is 0 Å². The normalized spacial score (nSPS) is 17.8. The first-order valence-corrected chi connectivity index (χ1v) is 11.8. The molecule has 0 spiro atoms. The maximum absolute atomic E-state index is 12.9. The Labute approximate surface area is 183 Å². The van der Waals surface area contributed by atoms with Gasteiger partial charge in [0.25, 0.3) is 0 Å². The van der Waals surface area contributed by atoms with Crippen LogP contribution in [-0.2, 0) is 11.2 Å². The molecule has 1 aromatic heterocycles. The highest BCUT2D eigenvalue weighted by molar-refractivity contribution is 7.22. The predicted molar refractivity (Wildman–Crippen MR) is 126 cm³/mol. The van der Waals surface area contributed by atoms with E-state index in [4.69, 9.17) is 4.98 Å². The average molecular weight is 422 g/mol. The number of piperidine rings is 1. The number of fused-ring (bicyclic) bond motifs is 1. The van der Waals surface area contributed by atoms with E-state index in [1.807, 2.05) is 6.07 Å². The first kappa shape index (κ1) is 20.9. The first-order valence-electron chi connectivity index (χ1n) is 11.0. The summed E-state index contributed by atoms with van der Waals surface area (Å²) >= 11 is 1.75. The van der Waals surface area contributed by atoms with E-state index in [-0.39, 0.29) is 17.9 Å². The molecule has 2 atom stereocenters. The van der Waals surface area contributed by atoms with Crippen molar-refractivity contribution in [1.82, 2.24) is 10.3 Å². The van der Waals surface area contributed by atoms with Gasteiger partial charge in [-0.2, -0.15) is 0 Å². The van der Waals surface area contributed by atoms with Crippen LogP contribution in [0.4, 0.5) is 5.13 Å². The smallest absolute Gasteiger partial charge is 0.225 e. The number of carbonyl (C=O) groups is 1. The van der Waals surface area contributed by atoms with Gasteiger partial charge in [0.05, 0.1) is 16.1 Å². The molecule has 0 aliphatic carbocycles. The van der Waals surface area contributed by atoms with Gasteiger partial charge in [0, 0.05) is 19.1 Å². The monoisotopic (exact) mass is 421 g/mol. The Morgan fingerprint density at radius 2 is 2.07 bits per heavy atom. The fourth-order valence-electron chi connectivity index (χ4n) is 4.32. The molecule has 0 saturated carbocycles. The van der Waals surface area contributed by atoms with Crippen LogP contribution in [0.2, 0.25) is 0 Å². The number of amides is 1. The second-order valence-electron chi connectivity index (χ2n) is 8.64. The molecule has 0 bridgehead atoms. The summed E-state index contributed by atoms with van der Waals surface area (Å²) in [5.74, 6) is 0.223. The second kappa shape index (κ2) is 9.17. The summed E-state index contributed by atoms with van der Waals surface area (Å²) in [4.78, 5) is 20.1. The van der Waals surface area contributed by atoms with Crippen LogP contribution in [-0.4, -0.2) is 30.0 Å². The number of thiazole rings is 1. The molecule has 4 nitrogen and oxygen atoms in total. The third-order valence-electron chi connectivity index (χ3n) is 5.98. The van der Waals surface area contributed by atoms with Crippen LogP contribution in [0, 0.1) is 19.8 Å². The summed E-state index contributed by atoms with van der Waals surface area (Å²) in [7, 11) is 0. The molecular formula is C25H31N3OS. The molecule has 0 radical (unpaired) electrons. The SMILES string of the molecule is Cc1cc(C)c2nc(N3CCC[C@H](C(=O)N[C@@H](C)CCc4ccccc4)C3)sc2c1. The van der Waals surface area contributed by atoms with Gasteiger partial charge < -0.3 is 10.2 Å². The van der Waals surface area contributed by atoms with Crippen molar-refractivity contribution in [2.75, 3.05) is 18.0 Å². The summed E-state index contributed by atoms with van der Waals surface area (Å²) < 4.78 is 1.24. The number of hydrogen-bond donors (Lipinski definition) is 1. The van der Waals surface area contributed by atoms with Gasteiger partial charge in [-0.3, -0.25) is 4.79 Å². The van der Waals surface area contributed by atoms with Crippen molar-refractivity contribution in [2.45, 2.75) is 52.5 Å². The molecule has 1 aliphatic rings. The lowest BCUT2D eigenvalue weighted by molar-refractivity contribution is -0.125. The second-order valence-corrected chi connectivity index (χ2v) is 9.65. The molecule has 30 heavy (non-hydrogen) atoms. The van der Waals surface area contributed by atoms with E-state index in [0.717, 1.165) is 49.4 Å². The molecule has 4 rings (SSSR count). The van der Waals surface area contributed by atoms with Crippen LogP contribution < -0.4 is 10.2 Å². The number of carbonyl (C=O) groups excluding carboxylic acids is 1. The Morgan fingerprint density at radius 1 is 1.27 bits per heavy atom. The number of hydrogen-bond acceptors (Lipinski definition) is 4. The van der Waals surface area contributed by atoms with Crippen molar-refractivity contribution in [1.29, 1.82) is 0 Å². The van der Waals surface area contributed by atoms with E-state index >= 15 is 0 Å². The molecule has 1 amide bonds. The van der Waals surface area contributed by atoms with Crippen molar-refractivity contribution >= 4 is 32.6 Å². The van der Waals surface area contributed by atoms with Crippen LogP contribution in [0.3, 0.4) is 0 Å². The van der Waals surface area contributed by atoms with Crippen LogP contribution >= 0.6 is 11.3 Å². The fourth-order valence-corrected chi connectivity index (χ4v) is 5.50.